The van der Waals surface area contributed by atoms with Crippen LogP contribution in [-0.4, -0.2) is 42.5 Å². The summed E-state index contributed by atoms with van der Waals surface area (Å²) in [5.74, 6) is 0.642. The van der Waals surface area contributed by atoms with Gasteiger partial charge in [0.2, 0.25) is 5.91 Å². The highest BCUT2D eigenvalue weighted by molar-refractivity contribution is 6.04. The molecule has 2 aliphatic rings. The largest absolute Gasteiger partial charge is 0.378 e. The molecule has 0 spiro atoms. The van der Waals surface area contributed by atoms with Gasteiger partial charge in [-0.15, -0.1) is 0 Å². The first-order chi connectivity index (χ1) is 10.7. The maximum Gasteiger partial charge on any atom is 0.227 e. The number of nitrogens with one attached hydrogen (secondary N) is 1. The maximum atomic E-state index is 12.1. The third-order valence-corrected chi connectivity index (χ3v) is 4.45. The summed E-state index contributed by atoms with van der Waals surface area (Å²) in [6, 6.07) is 3.84. The van der Waals surface area contributed by atoms with Crippen molar-refractivity contribution in [2.75, 3.05) is 36.5 Å². The van der Waals surface area contributed by atoms with Crippen molar-refractivity contribution in [1.29, 1.82) is 0 Å². The number of fused-ring (bicyclic) bond motifs is 1. The van der Waals surface area contributed by atoms with Crippen LogP contribution in [0.2, 0.25) is 0 Å². The van der Waals surface area contributed by atoms with E-state index < -0.39 is 0 Å². The monoisotopic (exact) mass is 302 g/mol. The van der Waals surface area contributed by atoms with Gasteiger partial charge in [0.1, 0.15) is 0 Å². The highest BCUT2D eigenvalue weighted by Gasteiger charge is 2.39. The van der Waals surface area contributed by atoms with Crippen LogP contribution in [0.25, 0.3) is 11.0 Å². The van der Waals surface area contributed by atoms with E-state index in [-0.39, 0.29) is 11.8 Å². The molecule has 22 heavy (non-hydrogen) atoms. The number of hydrogen-bond acceptors (Lipinski definition) is 6. The van der Waals surface area contributed by atoms with Crippen LogP contribution in [0.3, 0.4) is 0 Å². The number of benzene rings is 1. The Balaban J connectivity index is 1.64. The predicted octanol–water partition coefficient (Wildman–Crippen LogP) is 1.65. The second kappa shape index (κ2) is 5.24. The summed E-state index contributed by atoms with van der Waals surface area (Å²) in [7, 11) is 0. The molecule has 4 rings (SSSR count). The summed E-state index contributed by atoms with van der Waals surface area (Å²) in [4.78, 5) is 14.3. The van der Waals surface area contributed by atoms with Crippen LogP contribution >= 0.6 is 0 Å². The minimum Gasteiger partial charge on any atom is -0.378 e. The van der Waals surface area contributed by atoms with Crippen LogP contribution in [0.4, 0.5) is 11.4 Å². The summed E-state index contributed by atoms with van der Waals surface area (Å²) < 4.78 is 10.3. The number of carbonyl (C=O) groups is 1. The zero-order valence-corrected chi connectivity index (χ0v) is 12.4. The van der Waals surface area contributed by atoms with Crippen molar-refractivity contribution >= 4 is 28.3 Å². The molecule has 2 heterocycles. The van der Waals surface area contributed by atoms with Crippen LogP contribution in [0.15, 0.2) is 16.8 Å². The molecule has 116 valence electrons. The van der Waals surface area contributed by atoms with Gasteiger partial charge in [0.25, 0.3) is 0 Å². The van der Waals surface area contributed by atoms with Crippen molar-refractivity contribution in [2.45, 2.75) is 13.3 Å². The molecule has 7 heteroatoms. The van der Waals surface area contributed by atoms with Crippen molar-refractivity contribution in [2.24, 2.45) is 11.8 Å². The number of anilines is 2. The third-order valence-electron chi connectivity index (χ3n) is 4.45. The van der Waals surface area contributed by atoms with Gasteiger partial charge in [-0.05, 0) is 34.8 Å². The van der Waals surface area contributed by atoms with Gasteiger partial charge in [0, 0.05) is 19.0 Å². The second-order valence-corrected chi connectivity index (χ2v) is 6.00. The average Bonchev–Trinajstić information content (AvgIpc) is 3.08. The summed E-state index contributed by atoms with van der Waals surface area (Å²) in [5.41, 5.74) is 2.92. The molecule has 7 nitrogen and oxygen atoms in total. The minimum absolute atomic E-state index is 0.0518. The Morgan fingerprint density at radius 1 is 1.27 bits per heavy atom. The molecule has 0 radical (unpaired) electrons. The number of ether oxygens (including phenoxy) is 1. The summed E-state index contributed by atoms with van der Waals surface area (Å²) in [6.07, 6.45) is 0.956. The van der Waals surface area contributed by atoms with Crippen molar-refractivity contribution < 1.29 is 14.2 Å². The number of morpholine rings is 1. The molecule has 2 aromatic rings. The highest BCUT2D eigenvalue weighted by atomic mass is 16.6. The SMILES string of the molecule is C[C@@H]1C[C@@H]1C(=O)Nc1ccc(N2CCOCC2)c2nonc12. The van der Waals surface area contributed by atoms with Gasteiger partial charge in [0.05, 0.1) is 24.6 Å². The van der Waals surface area contributed by atoms with E-state index in [1.54, 1.807) is 0 Å². The van der Waals surface area contributed by atoms with Crippen molar-refractivity contribution in [3.05, 3.63) is 12.1 Å². The van der Waals surface area contributed by atoms with Crippen molar-refractivity contribution in [3.63, 3.8) is 0 Å². The fourth-order valence-corrected chi connectivity index (χ4v) is 2.93. The zero-order chi connectivity index (χ0) is 15.1. The van der Waals surface area contributed by atoms with E-state index in [1.165, 1.54) is 0 Å². The first-order valence-electron chi connectivity index (χ1n) is 7.63. The Hall–Kier alpha value is -2.15. The fourth-order valence-electron chi connectivity index (χ4n) is 2.93. The minimum atomic E-state index is 0.0518. The number of carbonyl (C=O) groups excluding carboxylic acids is 1. The van der Waals surface area contributed by atoms with Gasteiger partial charge in [-0.3, -0.25) is 4.79 Å². The summed E-state index contributed by atoms with van der Waals surface area (Å²) in [6.45, 7) is 5.11. The van der Waals surface area contributed by atoms with E-state index >= 15 is 0 Å². The number of aromatic nitrogens is 2. The third kappa shape index (κ3) is 2.31. The lowest BCUT2D eigenvalue weighted by Crippen LogP contribution is -2.36. The molecule has 1 aliphatic heterocycles. The molecular formula is C15H18N4O3. The second-order valence-electron chi connectivity index (χ2n) is 6.00. The summed E-state index contributed by atoms with van der Waals surface area (Å²) >= 11 is 0. The van der Waals surface area contributed by atoms with E-state index in [2.05, 4.69) is 27.5 Å². The number of nitrogens with zero attached hydrogens (tertiary/aromatic N) is 3. The van der Waals surface area contributed by atoms with Gasteiger partial charge in [-0.1, -0.05) is 6.92 Å². The number of rotatable bonds is 3. The molecule has 1 saturated carbocycles. The molecule has 0 bridgehead atoms. The van der Waals surface area contributed by atoms with Crippen LogP contribution in [0, 0.1) is 11.8 Å². The first-order valence-corrected chi connectivity index (χ1v) is 7.63. The molecule has 0 unspecified atom stereocenters. The van der Waals surface area contributed by atoms with Gasteiger partial charge in [0.15, 0.2) is 11.0 Å². The topological polar surface area (TPSA) is 80.5 Å². The lowest BCUT2D eigenvalue weighted by atomic mass is 10.2. The number of amides is 1. The van der Waals surface area contributed by atoms with E-state index in [4.69, 9.17) is 9.37 Å². The van der Waals surface area contributed by atoms with Gasteiger partial charge < -0.3 is 15.0 Å². The Morgan fingerprint density at radius 2 is 2.00 bits per heavy atom. The Labute approximate surface area is 127 Å². The van der Waals surface area contributed by atoms with Crippen molar-refractivity contribution in [1.82, 2.24) is 10.3 Å². The standard InChI is InChI=1S/C15H18N4O3/c1-9-8-10(9)15(20)16-11-2-3-12(14-13(11)17-22-18-14)19-4-6-21-7-5-19/h2-3,9-10H,4-8H2,1H3,(H,16,20)/t9-,10+/m1/s1. The van der Waals surface area contributed by atoms with E-state index in [9.17, 15) is 4.79 Å². The van der Waals surface area contributed by atoms with Crippen molar-refractivity contribution in [3.8, 4) is 0 Å². The zero-order valence-electron chi connectivity index (χ0n) is 12.4. The fraction of sp³-hybridized carbons (Fsp3) is 0.533. The van der Waals surface area contributed by atoms with Crippen LogP contribution in [0.1, 0.15) is 13.3 Å². The maximum absolute atomic E-state index is 12.1. The van der Waals surface area contributed by atoms with Gasteiger partial charge >= 0.3 is 0 Å². The van der Waals surface area contributed by atoms with Gasteiger partial charge in [-0.2, -0.15) is 0 Å². The van der Waals surface area contributed by atoms with Gasteiger partial charge in [-0.25, -0.2) is 4.63 Å². The Kier molecular flexibility index (Phi) is 3.22. The molecular weight excluding hydrogens is 284 g/mol. The predicted molar refractivity (Wildman–Crippen MR) is 80.7 cm³/mol. The molecule has 1 aliphatic carbocycles. The quantitative estimate of drug-likeness (QED) is 0.928. The smallest absolute Gasteiger partial charge is 0.227 e. The van der Waals surface area contributed by atoms with Crippen LogP contribution < -0.4 is 10.2 Å². The van der Waals surface area contributed by atoms with Crippen LogP contribution in [-0.2, 0) is 9.53 Å². The molecule has 1 N–H and O–H groups in total. The summed E-state index contributed by atoms with van der Waals surface area (Å²) in [5, 5.41) is 10.9. The highest BCUT2D eigenvalue weighted by Crippen LogP contribution is 2.39. The lowest BCUT2D eigenvalue weighted by Gasteiger charge is -2.28. The first kappa shape index (κ1) is 13.5. The van der Waals surface area contributed by atoms with E-state index in [0.29, 0.717) is 35.9 Å². The number of hydrogen-bond donors (Lipinski definition) is 1. The molecule has 1 saturated heterocycles. The lowest BCUT2D eigenvalue weighted by molar-refractivity contribution is -0.117. The van der Waals surface area contributed by atoms with Crippen LogP contribution in [0.5, 0.6) is 0 Å². The Bertz CT molecular complexity index is 708. The molecule has 1 aromatic carbocycles. The van der Waals surface area contributed by atoms with E-state index in [1.807, 2.05) is 12.1 Å². The normalized spacial score (nSPS) is 24.5. The molecule has 1 amide bonds. The Morgan fingerprint density at radius 3 is 2.73 bits per heavy atom. The molecule has 1 aromatic heterocycles. The average molecular weight is 302 g/mol. The molecule has 2 fully saturated rings. The van der Waals surface area contributed by atoms with E-state index in [0.717, 1.165) is 25.2 Å². The molecule has 2 atom stereocenters.